The Morgan fingerprint density at radius 1 is 1.33 bits per heavy atom. The van der Waals surface area contributed by atoms with Crippen LogP contribution >= 0.6 is 0 Å². The first-order valence-electron chi connectivity index (χ1n) is 6.90. The van der Waals surface area contributed by atoms with Crippen molar-refractivity contribution >= 4 is 11.6 Å². The quantitative estimate of drug-likeness (QED) is 0.815. The molecule has 3 heteroatoms. The zero-order chi connectivity index (χ0) is 12.3. The summed E-state index contributed by atoms with van der Waals surface area (Å²) in [4.78, 5) is 14.6. The number of nitrogens with one attached hydrogen (secondary N) is 1. The molecule has 18 heavy (non-hydrogen) atoms. The lowest BCUT2D eigenvalue weighted by atomic mass is 10.0. The van der Waals surface area contributed by atoms with Gasteiger partial charge in [-0.15, -0.1) is 0 Å². The molecule has 0 aromatic heterocycles. The molecule has 3 nitrogen and oxygen atoms in total. The summed E-state index contributed by atoms with van der Waals surface area (Å²) in [7, 11) is 0. The van der Waals surface area contributed by atoms with Crippen LogP contribution in [0.1, 0.15) is 31.2 Å². The molecule has 0 radical (unpaired) electrons. The van der Waals surface area contributed by atoms with Crippen LogP contribution in [0.4, 0.5) is 5.69 Å². The Morgan fingerprint density at radius 3 is 2.94 bits per heavy atom. The lowest BCUT2D eigenvalue weighted by Gasteiger charge is -2.22. The highest BCUT2D eigenvalue weighted by molar-refractivity contribution is 5.99. The predicted molar refractivity (Wildman–Crippen MR) is 70.6 cm³/mol. The van der Waals surface area contributed by atoms with Crippen molar-refractivity contribution in [2.24, 2.45) is 5.92 Å². The van der Waals surface area contributed by atoms with Crippen molar-refractivity contribution in [1.29, 1.82) is 0 Å². The van der Waals surface area contributed by atoms with Gasteiger partial charge in [-0.05, 0) is 30.4 Å². The minimum absolute atomic E-state index is 0.0621. The van der Waals surface area contributed by atoms with E-state index in [-0.39, 0.29) is 11.9 Å². The fraction of sp³-hybridized carbons (Fsp3) is 0.533. The first kappa shape index (κ1) is 10.6. The summed E-state index contributed by atoms with van der Waals surface area (Å²) in [5.74, 6) is 1.51. The van der Waals surface area contributed by atoms with Gasteiger partial charge in [-0.3, -0.25) is 4.79 Å². The van der Waals surface area contributed by atoms with E-state index in [1.165, 1.54) is 12.0 Å². The molecule has 2 aliphatic heterocycles. The van der Waals surface area contributed by atoms with Gasteiger partial charge >= 0.3 is 0 Å². The average molecular weight is 242 g/mol. The van der Waals surface area contributed by atoms with Gasteiger partial charge in [0.15, 0.2) is 0 Å². The number of anilines is 1. The van der Waals surface area contributed by atoms with E-state index in [1.807, 2.05) is 11.0 Å². The summed E-state index contributed by atoms with van der Waals surface area (Å²) in [5, 5.41) is 3.46. The number of benzene rings is 1. The van der Waals surface area contributed by atoms with Gasteiger partial charge < -0.3 is 10.2 Å². The van der Waals surface area contributed by atoms with Crippen LogP contribution < -0.4 is 10.2 Å². The lowest BCUT2D eigenvalue weighted by molar-refractivity contribution is -0.120. The van der Waals surface area contributed by atoms with Crippen molar-refractivity contribution in [1.82, 2.24) is 5.32 Å². The van der Waals surface area contributed by atoms with Crippen LogP contribution in [0.3, 0.4) is 0 Å². The van der Waals surface area contributed by atoms with E-state index in [9.17, 15) is 4.79 Å². The van der Waals surface area contributed by atoms with Crippen molar-refractivity contribution < 1.29 is 4.79 Å². The molecule has 1 amide bonds. The number of rotatable bonds is 1. The van der Waals surface area contributed by atoms with Crippen molar-refractivity contribution in [3.63, 3.8) is 0 Å². The Hall–Kier alpha value is -1.35. The maximum atomic E-state index is 12.6. The number of hydrogen-bond acceptors (Lipinski definition) is 2. The van der Waals surface area contributed by atoms with Gasteiger partial charge in [0, 0.05) is 24.2 Å². The third-order valence-electron chi connectivity index (χ3n) is 4.66. The number of para-hydroxylation sites is 1. The van der Waals surface area contributed by atoms with Crippen LogP contribution in [0.25, 0.3) is 0 Å². The normalized spacial score (nSPS) is 36.4. The minimum Gasteiger partial charge on any atom is -0.310 e. The molecule has 1 aliphatic carbocycles. The van der Waals surface area contributed by atoms with E-state index in [0.29, 0.717) is 12.0 Å². The fourth-order valence-electron chi connectivity index (χ4n) is 3.53. The molecule has 4 atom stereocenters. The van der Waals surface area contributed by atoms with E-state index < -0.39 is 0 Å². The van der Waals surface area contributed by atoms with Crippen LogP contribution in [0.2, 0.25) is 0 Å². The highest BCUT2D eigenvalue weighted by atomic mass is 16.2. The second-order valence-corrected chi connectivity index (χ2v) is 5.97. The van der Waals surface area contributed by atoms with E-state index in [0.717, 1.165) is 24.6 Å². The first-order chi connectivity index (χ1) is 8.74. The maximum Gasteiger partial charge on any atom is 0.244 e. The molecule has 1 saturated heterocycles. The largest absolute Gasteiger partial charge is 0.310 e. The molecule has 1 aromatic carbocycles. The first-order valence-corrected chi connectivity index (χ1v) is 6.90. The van der Waals surface area contributed by atoms with Crippen LogP contribution in [-0.4, -0.2) is 24.5 Å². The number of hydrogen-bond donors (Lipinski definition) is 1. The van der Waals surface area contributed by atoms with E-state index in [4.69, 9.17) is 0 Å². The lowest BCUT2D eigenvalue weighted by Crippen LogP contribution is -2.44. The second kappa shape index (κ2) is 3.58. The Kier molecular flexibility index (Phi) is 2.10. The number of fused-ring (bicyclic) bond motifs is 2. The topological polar surface area (TPSA) is 32.3 Å². The summed E-state index contributed by atoms with van der Waals surface area (Å²) in [6.45, 7) is 3.04. The zero-order valence-corrected chi connectivity index (χ0v) is 10.6. The van der Waals surface area contributed by atoms with Gasteiger partial charge in [0.05, 0.1) is 6.04 Å². The van der Waals surface area contributed by atoms with Crippen LogP contribution in [0.15, 0.2) is 24.3 Å². The number of nitrogens with zero attached hydrogens (tertiary/aromatic N) is 1. The van der Waals surface area contributed by atoms with Crippen molar-refractivity contribution in [2.75, 3.05) is 11.4 Å². The molecule has 1 N–H and O–H groups in total. The Labute approximate surface area is 107 Å². The van der Waals surface area contributed by atoms with Crippen molar-refractivity contribution in [3.05, 3.63) is 29.8 Å². The summed E-state index contributed by atoms with van der Waals surface area (Å²) in [6, 6.07) is 9.00. The van der Waals surface area contributed by atoms with E-state index in [1.54, 1.807) is 0 Å². The van der Waals surface area contributed by atoms with E-state index in [2.05, 4.69) is 30.4 Å². The molecule has 2 fully saturated rings. The molecule has 4 rings (SSSR count). The predicted octanol–water partition coefficient (Wildman–Crippen LogP) is 1.89. The number of carbonyl (C=O) groups is 1. The van der Waals surface area contributed by atoms with Gasteiger partial charge in [0.25, 0.3) is 0 Å². The monoisotopic (exact) mass is 242 g/mol. The van der Waals surface area contributed by atoms with Crippen molar-refractivity contribution in [3.8, 4) is 0 Å². The summed E-state index contributed by atoms with van der Waals surface area (Å²) >= 11 is 0. The number of carbonyl (C=O) groups excluding carboxylic acids is 1. The average Bonchev–Trinajstić information content (AvgIpc) is 2.86. The number of piperidine rings is 1. The SMILES string of the molecule is CC1CN(C(=O)[C@@H]2C[C@H]3C[C@H]3N2)c2ccccc21. The van der Waals surface area contributed by atoms with E-state index >= 15 is 0 Å². The second-order valence-electron chi connectivity index (χ2n) is 5.97. The van der Waals surface area contributed by atoms with Crippen LogP contribution in [-0.2, 0) is 4.79 Å². The molecular weight excluding hydrogens is 224 g/mol. The van der Waals surface area contributed by atoms with Crippen molar-refractivity contribution in [2.45, 2.75) is 37.8 Å². The van der Waals surface area contributed by atoms with Crippen LogP contribution in [0.5, 0.6) is 0 Å². The van der Waals surface area contributed by atoms with Gasteiger partial charge in [-0.2, -0.15) is 0 Å². The number of amides is 1. The summed E-state index contributed by atoms with van der Waals surface area (Å²) in [6.07, 6.45) is 2.31. The van der Waals surface area contributed by atoms with Crippen LogP contribution in [0, 0.1) is 5.92 Å². The van der Waals surface area contributed by atoms with Gasteiger partial charge in [-0.1, -0.05) is 25.1 Å². The molecule has 3 aliphatic rings. The summed E-state index contributed by atoms with van der Waals surface area (Å²) in [5.41, 5.74) is 2.44. The maximum absolute atomic E-state index is 12.6. The fourth-order valence-corrected chi connectivity index (χ4v) is 3.53. The molecule has 94 valence electrons. The Bertz CT molecular complexity index is 503. The smallest absolute Gasteiger partial charge is 0.244 e. The Balaban J connectivity index is 1.60. The molecule has 1 saturated carbocycles. The van der Waals surface area contributed by atoms with Gasteiger partial charge in [-0.25, -0.2) is 0 Å². The molecule has 0 bridgehead atoms. The molecule has 0 spiro atoms. The highest BCUT2D eigenvalue weighted by Gasteiger charge is 2.49. The van der Waals surface area contributed by atoms with Gasteiger partial charge in [0.2, 0.25) is 5.91 Å². The molecule has 1 aromatic rings. The Morgan fingerprint density at radius 2 is 2.17 bits per heavy atom. The van der Waals surface area contributed by atoms with Gasteiger partial charge in [0.1, 0.15) is 0 Å². The molecule has 2 heterocycles. The highest BCUT2D eigenvalue weighted by Crippen LogP contribution is 2.42. The minimum atomic E-state index is 0.0621. The zero-order valence-electron chi connectivity index (χ0n) is 10.6. The third kappa shape index (κ3) is 1.43. The molecular formula is C15H18N2O. The summed E-state index contributed by atoms with van der Waals surface area (Å²) < 4.78 is 0. The molecule has 1 unspecified atom stereocenters. The standard InChI is InChI=1S/C15H18N2O/c1-9-8-17(14-5-3-2-4-11(9)14)15(18)13-7-10-6-12(10)16-13/h2-5,9-10,12-13,16H,6-8H2,1H3/t9?,10-,12-,13+/m1/s1. The third-order valence-corrected chi connectivity index (χ3v) is 4.66.